The van der Waals surface area contributed by atoms with Crippen molar-refractivity contribution in [3.63, 3.8) is 0 Å². The summed E-state index contributed by atoms with van der Waals surface area (Å²) in [4.78, 5) is 26.3. The molecule has 1 heterocycles. The van der Waals surface area contributed by atoms with E-state index < -0.39 is 21.8 Å². The standard InChI is InChI=1S/C19H21NO6S/c1-12-9-10-15(27(5,23)24)13(2)16(12)20-11-7-6-8-14(18(21)25-3)17(20)19(22)26-4/h6-11H,1-5H3. The van der Waals surface area contributed by atoms with Gasteiger partial charge in [-0.1, -0.05) is 12.1 Å². The summed E-state index contributed by atoms with van der Waals surface area (Å²) in [5.41, 5.74) is 1.58. The maximum atomic E-state index is 12.5. The number of rotatable bonds is 4. The molecule has 1 aromatic rings. The van der Waals surface area contributed by atoms with Gasteiger partial charge in [0.1, 0.15) is 5.70 Å². The molecule has 27 heavy (non-hydrogen) atoms. The van der Waals surface area contributed by atoms with E-state index in [-0.39, 0.29) is 16.2 Å². The first-order valence-electron chi connectivity index (χ1n) is 7.98. The van der Waals surface area contributed by atoms with Gasteiger partial charge < -0.3 is 14.4 Å². The first kappa shape index (κ1) is 20.4. The highest BCUT2D eigenvalue weighted by Crippen LogP contribution is 2.35. The molecule has 0 amide bonds. The van der Waals surface area contributed by atoms with E-state index in [9.17, 15) is 18.0 Å². The highest BCUT2D eigenvalue weighted by Gasteiger charge is 2.30. The van der Waals surface area contributed by atoms with Crippen LogP contribution < -0.4 is 4.90 Å². The van der Waals surface area contributed by atoms with Gasteiger partial charge in [0.05, 0.1) is 30.4 Å². The molecule has 8 heteroatoms. The van der Waals surface area contributed by atoms with Crippen LogP contribution in [0.25, 0.3) is 0 Å². The monoisotopic (exact) mass is 391 g/mol. The van der Waals surface area contributed by atoms with Gasteiger partial charge >= 0.3 is 11.9 Å². The lowest BCUT2D eigenvalue weighted by molar-refractivity contribution is -0.139. The predicted molar refractivity (Wildman–Crippen MR) is 101 cm³/mol. The summed E-state index contributed by atoms with van der Waals surface area (Å²) in [7, 11) is -1.08. The van der Waals surface area contributed by atoms with Gasteiger partial charge in [0, 0.05) is 12.5 Å². The van der Waals surface area contributed by atoms with Crippen LogP contribution in [0.5, 0.6) is 0 Å². The summed E-state index contributed by atoms with van der Waals surface area (Å²) in [6.07, 6.45) is 7.34. The summed E-state index contributed by atoms with van der Waals surface area (Å²) >= 11 is 0. The molecule has 0 saturated carbocycles. The number of allylic oxidation sites excluding steroid dienone is 2. The summed E-state index contributed by atoms with van der Waals surface area (Å²) < 4.78 is 33.9. The Balaban J connectivity index is 2.87. The minimum absolute atomic E-state index is 0.00194. The number of methoxy groups -OCH3 is 2. The van der Waals surface area contributed by atoms with Gasteiger partial charge in [-0.2, -0.15) is 0 Å². The molecular formula is C19H21NO6S. The van der Waals surface area contributed by atoms with Crippen molar-refractivity contribution in [3.05, 3.63) is 59.0 Å². The van der Waals surface area contributed by atoms with Crippen molar-refractivity contribution in [2.75, 3.05) is 25.4 Å². The van der Waals surface area contributed by atoms with Crippen molar-refractivity contribution in [2.45, 2.75) is 18.7 Å². The van der Waals surface area contributed by atoms with Crippen LogP contribution in [0.4, 0.5) is 5.69 Å². The Kier molecular flexibility index (Phi) is 5.90. The van der Waals surface area contributed by atoms with Crippen LogP contribution in [0, 0.1) is 13.8 Å². The summed E-state index contributed by atoms with van der Waals surface area (Å²) in [5.74, 6) is -1.47. The maximum Gasteiger partial charge on any atom is 0.355 e. The summed E-state index contributed by atoms with van der Waals surface area (Å²) in [6.45, 7) is 3.44. The number of anilines is 1. The van der Waals surface area contributed by atoms with Gasteiger partial charge in [0.2, 0.25) is 0 Å². The zero-order chi connectivity index (χ0) is 20.4. The molecule has 1 aliphatic heterocycles. The van der Waals surface area contributed by atoms with Crippen molar-refractivity contribution in [2.24, 2.45) is 0 Å². The number of ether oxygens (including phenoxy) is 2. The fourth-order valence-electron chi connectivity index (χ4n) is 2.93. The highest BCUT2D eigenvalue weighted by atomic mass is 32.2. The van der Waals surface area contributed by atoms with Crippen LogP contribution in [0.1, 0.15) is 11.1 Å². The number of benzene rings is 1. The number of esters is 2. The topological polar surface area (TPSA) is 90.0 Å². The second-order valence-electron chi connectivity index (χ2n) is 5.94. The SMILES string of the molecule is COC(=O)C1=C(C(=O)OC)N(c2c(C)ccc(S(C)(=O)=O)c2C)C=CC=C1. The summed E-state index contributed by atoms with van der Waals surface area (Å²) in [5, 5.41) is 0. The van der Waals surface area contributed by atoms with Gasteiger partial charge in [0.25, 0.3) is 0 Å². The van der Waals surface area contributed by atoms with Gasteiger partial charge in [-0.3, -0.25) is 0 Å². The minimum Gasteiger partial charge on any atom is -0.465 e. The van der Waals surface area contributed by atoms with Gasteiger partial charge in [-0.25, -0.2) is 18.0 Å². The first-order valence-corrected chi connectivity index (χ1v) is 9.87. The molecule has 0 unspecified atom stereocenters. The lowest BCUT2D eigenvalue weighted by Gasteiger charge is -2.27. The zero-order valence-corrected chi connectivity index (χ0v) is 16.6. The average molecular weight is 391 g/mol. The smallest absolute Gasteiger partial charge is 0.355 e. The Morgan fingerprint density at radius 1 is 1.00 bits per heavy atom. The molecule has 0 aromatic heterocycles. The Morgan fingerprint density at radius 2 is 1.63 bits per heavy atom. The number of hydrogen-bond acceptors (Lipinski definition) is 7. The molecule has 1 aromatic carbocycles. The van der Waals surface area contributed by atoms with E-state index >= 15 is 0 Å². The lowest BCUT2D eigenvalue weighted by Crippen LogP contribution is -2.28. The fraction of sp³-hybridized carbons (Fsp3) is 0.263. The quantitative estimate of drug-likeness (QED) is 0.727. The second kappa shape index (κ2) is 7.79. The van der Waals surface area contributed by atoms with Crippen LogP contribution in [-0.4, -0.2) is 40.8 Å². The van der Waals surface area contributed by atoms with Crippen LogP contribution in [0.3, 0.4) is 0 Å². The van der Waals surface area contributed by atoms with Crippen molar-refractivity contribution >= 4 is 27.5 Å². The van der Waals surface area contributed by atoms with Gasteiger partial charge in [-0.05, 0) is 43.2 Å². The van der Waals surface area contributed by atoms with E-state index in [4.69, 9.17) is 9.47 Å². The van der Waals surface area contributed by atoms with Crippen molar-refractivity contribution in [3.8, 4) is 0 Å². The van der Waals surface area contributed by atoms with Crippen molar-refractivity contribution in [1.29, 1.82) is 0 Å². The second-order valence-corrected chi connectivity index (χ2v) is 7.93. The molecule has 0 radical (unpaired) electrons. The van der Waals surface area contributed by atoms with Crippen molar-refractivity contribution in [1.82, 2.24) is 0 Å². The van der Waals surface area contributed by atoms with Crippen molar-refractivity contribution < 1.29 is 27.5 Å². The number of aryl methyl sites for hydroxylation is 1. The van der Waals surface area contributed by atoms with E-state index in [0.717, 1.165) is 11.8 Å². The lowest BCUT2D eigenvalue weighted by atomic mass is 10.1. The average Bonchev–Trinajstić information content (AvgIpc) is 2.82. The van der Waals surface area contributed by atoms with E-state index in [2.05, 4.69) is 0 Å². The maximum absolute atomic E-state index is 12.5. The number of sulfone groups is 1. The Hall–Kier alpha value is -2.87. The van der Waals surface area contributed by atoms with E-state index in [0.29, 0.717) is 11.3 Å². The Morgan fingerprint density at radius 3 is 2.19 bits per heavy atom. The number of carbonyl (C=O) groups excluding carboxylic acids is 2. The van der Waals surface area contributed by atoms with Crippen LogP contribution >= 0.6 is 0 Å². The molecule has 7 nitrogen and oxygen atoms in total. The third-order valence-electron chi connectivity index (χ3n) is 4.11. The van der Waals surface area contributed by atoms with E-state index in [1.165, 1.54) is 31.3 Å². The van der Waals surface area contributed by atoms with Crippen LogP contribution in [0.2, 0.25) is 0 Å². The molecule has 1 aliphatic rings. The van der Waals surface area contributed by atoms with Crippen LogP contribution in [0.15, 0.2) is 52.7 Å². The Bertz CT molecular complexity index is 986. The van der Waals surface area contributed by atoms with Gasteiger partial charge in [0.15, 0.2) is 9.84 Å². The molecule has 0 saturated heterocycles. The van der Waals surface area contributed by atoms with Crippen LogP contribution in [-0.2, 0) is 28.9 Å². The zero-order valence-electron chi connectivity index (χ0n) is 15.8. The molecule has 0 fully saturated rings. The molecule has 2 rings (SSSR count). The third-order valence-corrected chi connectivity index (χ3v) is 5.35. The van der Waals surface area contributed by atoms with E-state index in [1.54, 1.807) is 38.3 Å². The van der Waals surface area contributed by atoms with E-state index in [1.807, 2.05) is 0 Å². The number of nitrogens with zero attached hydrogens (tertiary/aromatic N) is 1. The third kappa shape index (κ3) is 3.95. The minimum atomic E-state index is -3.49. The Labute approximate surface area is 158 Å². The summed E-state index contributed by atoms with van der Waals surface area (Å²) in [6, 6.07) is 3.17. The number of hydrogen-bond donors (Lipinski definition) is 0. The molecule has 0 atom stereocenters. The predicted octanol–water partition coefficient (Wildman–Crippen LogP) is 2.20. The molecule has 144 valence electrons. The molecule has 0 spiro atoms. The fourth-order valence-corrected chi connectivity index (χ4v) is 3.89. The number of carbonyl (C=O) groups is 2. The van der Waals surface area contributed by atoms with Gasteiger partial charge in [-0.15, -0.1) is 0 Å². The molecular weight excluding hydrogens is 370 g/mol. The largest absolute Gasteiger partial charge is 0.465 e. The first-order chi connectivity index (χ1) is 12.6. The molecule has 0 bridgehead atoms. The highest BCUT2D eigenvalue weighted by molar-refractivity contribution is 7.90. The normalized spacial score (nSPS) is 14.2. The molecule has 0 N–H and O–H groups in total. The molecule has 0 aliphatic carbocycles.